The van der Waals surface area contributed by atoms with Crippen molar-refractivity contribution in [1.82, 2.24) is 0 Å². The second-order valence-corrected chi connectivity index (χ2v) is 6.89. The van der Waals surface area contributed by atoms with E-state index in [-0.39, 0.29) is 0 Å². The van der Waals surface area contributed by atoms with Gasteiger partial charge < -0.3 is 10.6 Å². The third kappa shape index (κ3) is 4.70. The molecule has 0 aliphatic heterocycles. The summed E-state index contributed by atoms with van der Waals surface area (Å²) in [6.07, 6.45) is 1.04. The summed E-state index contributed by atoms with van der Waals surface area (Å²) in [6.45, 7) is 4.34. The van der Waals surface area contributed by atoms with Crippen molar-refractivity contribution in [2.75, 3.05) is 10.6 Å². The highest BCUT2D eigenvalue weighted by atomic mass is 79.9. The first-order valence-electron chi connectivity index (χ1n) is 7.12. The standard InChI is InChI=1S/C17H18BrClN2S/c1-3-11(2)15-10-13(19)6-9-16(15)21-17(22)20-14-7-4-12(18)5-8-14/h4-11H,3H2,1-2H3,(H2,20,21,22). The fourth-order valence-corrected chi connectivity index (χ4v) is 2.77. The first-order chi connectivity index (χ1) is 10.5. The molecule has 0 bridgehead atoms. The van der Waals surface area contributed by atoms with E-state index in [2.05, 4.69) is 40.4 Å². The minimum atomic E-state index is 0.414. The highest BCUT2D eigenvalue weighted by Gasteiger charge is 2.11. The number of thiocarbonyl (C=S) groups is 1. The molecule has 22 heavy (non-hydrogen) atoms. The van der Waals surface area contributed by atoms with Gasteiger partial charge in [0.1, 0.15) is 0 Å². The molecule has 0 saturated carbocycles. The molecular formula is C17H18BrClN2S. The number of anilines is 2. The second-order valence-electron chi connectivity index (χ2n) is 5.13. The molecule has 0 fully saturated rings. The van der Waals surface area contributed by atoms with Crippen LogP contribution in [-0.4, -0.2) is 5.11 Å². The van der Waals surface area contributed by atoms with E-state index < -0.39 is 0 Å². The fraction of sp³-hybridized carbons (Fsp3) is 0.235. The summed E-state index contributed by atoms with van der Waals surface area (Å²) in [6, 6.07) is 13.7. The molecule has 0 radical (unpaired) electrons. The first-order valence-corrected chi connectivity index (χ1v) is 8.70. The molecule has 1 unspecified atom stereocenters. The maximum atomic E-state index is 6.12. The van der Waals surface area contributed by atoms with Gasteiger partial charge >= 0.3 is 0 Å². The van der Waals surface area contributed by atoms with Crippen LogP contribution in [0, 0.1) is 0 Å². The zero-order valence-corrected chi connectivity index (χ0v) is 15.6. The van der Waals surface area contributed by atoms with Gasteiger partial charge in [-0.3, -0.25) is 0 Å². The SMILES string of the molecule is CCC(C)c1cc(Cl)ccc1NC(=S)Nc1ccc(Br)cc1. The summed E-state index contributed by atoms with van der Waals surface area (Å²) in [5.74, 6) is 0.414. The number of benzene rings is 2. The number of halogens is 2. The van der Waals surface area contributed by atoms with E-state index in [1.54, 1.807) is 0 Å². The normalized spacial score (nSPS) is 11.8. The van der Waals surface area contributed by atoms with Gasteiger partial charge in [0, 0.05) is 20.9 Å². The van der Waals surface area contributed by atoms with Crippen LogP contribution >= 0.6 is 39.7 Å². The molecule has 0 heterocycles. The van der Waals surface area contributed by atoms with Crippen LogP contribution in [0.5, 0.6) is 0 Å². The summed E-state index contributed by atoms with van der Waals surface area (Å²) in [5, 5.41) is 7.76. The van der Waals surface area contributed by atoms with E-state index in [1.807, 2.05) is 42.5 Å². The van der Waals surface area contributed by atoms with Gasteiger partial charge in [-0.2, -0.15) is 0 Å². The van der Waals surface area contributed by atoms with Crippen LogP contribution < -0.4 is 10.6 Å². The molecule has 0 aromatic heterocycles. The molecule has 0 spiro atoms. The molecule has 0 aliphatic rings. The van der Waals surface area contributed by atoms with E-state index in [1.165, 1.54) is 5.56 Å². The van der Waals surface area contributed by atoms with Crippen LogP contribution in [0.2, 0.25) is 5.02 Å². The zero-order chi connectivity index (χ0) is 16.1. The lowest BCUT2D eigenvalue weighted by Crippen LogP contribution is -2.20. The van der Waals surface area contributed by atoms with Gasteiger partial charge in [0.2, 0.25) is 0 Å². The molecule has 2 aromatic rings. The predicted molar refractivity (Wildman–Crippen MR) is 104 cm³/mol. The van der Waals surface area contributed by atoms with E-state index in [4.69, 9.17) is 23.8 Å². The van der Waals surface area contributed by atoms with Gasteiger partial charge in [0.05, 0.1) is 0 Å². The van der Waals surface area contributed by atoms with Crippen molar-refractivity contribution in [3.63, 3.8) is 0 Å². The highest BCUT2D eigenvalue weighted by molar-refractivity contribution is 9.10. The molecule has 5 heteroatoms. The van der Waals surface area contributed by atoms with Crippen molar-refractivity contribution in [3.8, 4) is 0 Å². The Morgan fingerprint density at radius 3 is 2.50 bits per heavy atom. The highest BCUT2D eigenvalue weighted by Crippen LogP contribution is 2.29. The van der Waals surface area contributed by atoms with Crippen LogP contribution in [0.3, 0.4) is 0 Å². The van der Waals surface area contributed by atoms with Crippen molar-refractivity contribution >= 4 is 56.2 Å². The number of hydrogen-bond donors (Lipinski definition) is 2. The Labute approximate surface area is 150 Å². The van der Waals surface area contributed by atoms with Crippen LogP contribution in [-0.2, 0) is 0 Å². The van der Waals surface area contributed by atoms with Gasteiger partial charge in [-0.15, -0.1) is 0 Å². The van der Waals surface area contributed by atoms with E-state index in [9.17, 15) is 0 Å². The van der Waals surface area contributed by atoms with Crippen LogP contribution in [0.25, 0.3) is 0 Å². The minimum absolute atomic E-state index is 0.414. The summed E-state index contributed by atoms with van der Waals surface area (Å²) in [5.41, 5.74) is 3.11. The van der Waals surface area contributed by atoms with E-state index in [0.29, 0.717) is 11.0 Å². The average molecular weight is 398 g/mol. The van der Waals surface area contributed by atoms with Crippen molar-refractivity contribution in [2.45, 2.75) is 26.2 Å². The Kier molecular flexibility index (Phi) is 6.24. The van der Waals surface area contributed by atoms with Gasteiger partial charge in [0.25, 0.3) is 0 Å². The molecule has 0 saturated heterocycles. The molecule has 2 nitrogen and oxygen atoms in total. The lowest BCUT2D eigenvalue weighted by atomic mass is 9.97. The fourth-order valence-electron chi connectivity index (χ4n) is 2.09. The van der Waals surface area contributed by atoms with Crippen LogP contribution in [0.15, 0.2) is 46.9 Å². The maximum Gasteiger partial charge on any atom is 0.175 e. The van der Waals surface area contributed by atoms with Crippen molar-refractivity contribution in [1.29, 1.82) is 0 Å². The molecule has 2 aromatic carbocycles. The summed E-state index contributed by atoms with van der Waals surface area (Å²) in [4.78, 5) is 0. The summed E-state index contributed by atoms with van der Waals surface area (Å²) >= 11 is 14.9. The molecular weight excluding hydrogens is 380 g/mol. The van der Waals surface area contributed by atoms with Gasteiger partial charge in [-0.1, -0.05) is 41.4 Å². The van der Waals surface area contributed by atoms with Crippen LogP contribution in [0.4, 0.5) is 11.4 Å². The number of hydrogen-bond acceptors (Lipinski definition) is 1. The molecule has 0 aliphatic carbocycles. The van der Waals surface area contributed by atoms with Crippen molar-refractivity contribution < 1.29 is 0 Å². The summed E-state index contributed by atoms with van der Waals surface area (Å²) < 4.78 is 1.04. The third-order valence-corrected chi connectivity index (χ3v) is 4.48. The van der Waals surface area contributed by atoms with Gasteiger partial charge in [0.15, 0.2) is 5.11 Å². The Bertz CT molecular complexity index is 658. The van der Waals surface area contributed by atoms with Crippen LogP contribution in [0.1, 0.15) is 31.7 Å². The Morgan fingerprint density at radius 1 is 1.18 bits per heavy atom. The largest absolute Gasteiger partial charge is 0.332 e. The molecule has 2 N–H and O–H groups in total. The Hall–Kier alpha value is -1.10. The molecule has 2 rings (SSSR count). The molecule has 116 valence electrons. The third-order valence-electron chi connectivity index (χ3n) is 3.51. The lowest BCUT2D eigenvalue weighted by Gasteiger charge is -2.18. The average Bonchev–Trinajstić information content (AvgIpc) is 2.50. The monoisotopic (exact) mass is 396 g/mol. The number of nitrogens with one attached hydrogen (secondary N) is 2. The van der Waals surface area contributed by atoms with Gasteiger partial charge in [-0.25, -0.2) is 0 Å². The van der Waals surface area contributed by atoms with Crippen molar-refractivity contribution in [2.24, 2.45) is 0 Å². The zero-order valence-electron chi connectivity index (χ0n) is 12.5. The van der Waals surface area contributed by atoms with Crippen molar-refractivity contribution in [3.05, 3.63) is 57.5 Å². The Balaban J connectivity index is 2.12. The van der Waals surface area contributed by atoms with Gasteiger partial charge in [-0.05, 0) is 72.6 Å². The lowest BCUT2D eigenvalue weighted by molar-refractivity contribution is 0.736. The predicted octanol–water partition coefficient (Wildman–Crippen LogP) is 6.42. The summed E-state index contributed by atoms with van der Waals surface area (Å²) in [7, 11) is 0. The maximum absolute atomic E-state index is 6.12. The molecule has 1 atom stereocenters. The smallest absolute Gasteiger partial charge is 0.175 e. The number of rotatable bonds is 4. The second kappa shape index (κ2) is 7.95. The molecule has 0 amide bonds. The Morgan fingerprint density at radius 2 is 1.86 bits per heavy atom. The quantitative estimate of drug-likeness (QED) is 0.582. The minimum Gasteiger partial charge on any atom is -0.332 e. The van der Waals surface area contributed by atoms with E-state index in [0.717, 1.165) is 27.3 Å². The first kappa shape index (κ1) is 17.3. The van der Waals surface area contributed by atoms with E-state index >= 15 is 0 Å². The topological polar surface area (TPSA) is 24.1 Å².